The monoisotopic (exact) mass is 374 g/mol. The smallest absolute Gasteiger partial charge is 0.311 e. The van der Waals surface area contributed by atoms with Crippen molar-refractivity contribution in [3.8, 4) is 0 Å². The van der Waals surface area contributed by atoms with Crippen molar-refractivity contribution in [2.75, 3.05) is 13.1 Å². The molecule has 6 heteroatoms. The van der Waals surface area contributed by atoms with Gasteiger partial charge in [0.05, 0.1) is 12.0 Å². The van der Waals surface area contributed by atoms with Gasteiger partial charge in [0.2, 0.25) is 5.91 Å². The zero-order chi connectivity index (χ0) is 20.1. The predicted molar refractivity (Wildman–Crippen MR) is 104 cm³/mol. The van der Waals surface area contributed by atoms with Crippen molar-refractivity contribution in [1.29, 1.82) is 0 Å². The second-order valence-corrected chi connectivity index (χ2v) is 8.43. The molecular weight excluding hydrogens is 344 g/mol. The highest BCUT2D eigenvalue weighted by Gasteiger charge is 2.39. The molecule has 2 rings (SSSR count). The van der Waals surface area contributed by atoms with E-state index in [-0.39, 0.29) is 30.3 Å². The number of rotatable bonds is 6. The first-order chi connectivity index (χ1) is 12.6. The van der Waals surface area contributed by atoms with Gasteiger partial charge in [0.1, 0.15) is 0 Å². The summed E-state index contributed by atoms with van der Waals surface area (Å²) >= 11 is 0. The Balaban J connectivity index is 1.84. The minimum Gasteiger partial charge on any atom is -0.481 e. The quantitative estimate of drug-likeness (QED) is 0.713. The Morgan fingerprint density at radius 3 is 2.11 bits per heavy atom. The van der Waals surface area contributed by atoms with Crippen molar-refractivity contribution in [2.24, 2.45) is 5.41 Å². The maximum absolute atomic E-state index is 12.2. The minimum atomic E-state index is -0.874. The molecule has 0 bridgehead atoms. The maximum atomic E-state index is 12.2. The van der Waals surface area contributed by atoms with Gasteiger partial charge < -0.3 is 15.7 Å². The third-order valence-electron chi connectivity index (χ3n) is 5.31. The number of hydrogen-bond donors (Lipinski definition) is 3. The average Bonchev–Trinajstić information content (AvgIpc) is 2.64. The third-order valence-corrected chi connectivity index (χ3v) is 5.31. The molecule has 0 atom stereocenters. The third kappa shape index (κ3) is 5.55. The molecule has 0 saturated heterocycles. The van der Waals surface area contributed by atoms with E-state index in [1.807, 2.05) is 12.1 Å². The van der Waals surface area contributed by atoms with Gasteiger partial charge in [0, 0.05) is 12.1 Å². The first-order valence-corrected chi connectivity index (χ1v) is 9.53. The van der Waals surface area contributed by atoms with Crippen LogP contribution in [0.3, 0.4) is 0 Å². The normalized spacial score (nSPS) is 16.4. The summed E-state index contributed by atoms with van der Waals surface area (Å²) in [6, 6.07) is 7.31. The summed E-state index contributed by atoms with van der Waals surface area (Å²) in [6.45, 7) is 6.24. The fourth-order valence-corrected chi connectivity index (χ4v) is 3.41. The van der Waals surface area contributed by atoms with Crippen LogP contribution in [0, 0.1) is 5.41 Å². The Kier molecular flexibility index (Phi) is 6.63. The van der Waals surface area contributed by atoms with E-state index >= 15 is 0 Å². The largest absolute Gasteiger partial charge is 0.481 e. The summed E-state index contributed by atoms with van der Waals surface area (Å²) in [5.74, 6) is -1.55. The van der Waals surface area contributed by atoms with Crippen molar-refractivity contribution in [3.63, 3.8) is 0 Å². The topological polar surface area (TPSA) is 95.5 Å². The fraction of sp³-hybridized carbons (Fsp3) is 0.571. The standard InChI is InChI=1S/C21H30N2O4/c1-20(2,3)16-9-7-15(8-10-16)18(25)22-13-17(24)23-14-21(19(26)27)11-5-4-6-12-21/h7-10H,4-6,11-14H2,1-3H3,(H,22,25)(H,23,24)(H,26,27). The average molecular weight is 374 g/mol. The van der Waals surface area contributed by atoms with Crippen LogP contribution in [0.4, 0.5) is 0 Å². The molecule has 27 heavy (non-hydrogen) atoms. The molecule has 6 nitrogen and oxygen atoms in total. The number of benzene rings is 1. The Morgan fingerprint density at radius 1 is 1.00 bits per heavy atom. The summed E-state index contributed by atoms with van der Waals surface area (Å²) in [5, 5.41) is 14.8. The van der Waals surface area contributed by atoms with Crippen molar-refractivity contribution < 1.29 is 19.5 Å². The molecule has 1 aromatic carbocycles. The lowest BCUT2D eigenvalue weighted by atomic mass is 9.74. The van der Waals surface area contributed by atoms with Gasteiger partial charge in [-0.25, -0.2) is 0 Å². The molecule has 1 aromatic rings. The Hall–Kier alpha value is -2.37. The summed E-state index contributed by atoms with van der Waals surface area (Å²) < 4.78 is 0. The van der Waals surface area contributed by atoms with E-state index in [0.29, 0.717) is 18.4 Å². The lowest BCUT2D eigenvalue weighted by molar-refractivity contribution is -0.151. The SMILES string of the molecule is CC(C)(C)c1ccc(C(=O)NCC(=O)NCC2(C(=O)O)CCCCC2)cc1. The maximum Gasteiger partial charge on any atom is 0.311 e. The predicted octanol–water partition coefficient (Wildman–Crippen LogP) is 2.87. The highest BCUT2D eigenvalue weighted by molar-refractivity contribution is 5.96. The lowest BCUT2D eigenvalue weighted by Gasteiger charge is -2.33. The zero-order valence-corrected chi connectivity index (χ0v) is 16.4. The zero-order valence-electron chi connectivity index (χ0n) is 16.4. The number of amides is 2. The molecule has 1 fully saturated rings. The molecule has 0 radical (unpaired) electrons. The number of carboxylic acids is 1. The second kappa shape index (κ2) is 8.55. The first kappa shape index (κ1) is 20.9. The van der Waals surface area contributed by atoms with Gasteiger partial charge in [0.15, 0.2) is 0 Å². The van der Waals surface area contributed by atoms with Crippen LogP contribution >= 0.6 is 0 Å². The molecule has 1 aliphatic rings. The van der Waals surface area contributed by atoms with Gasteiger partial charge in [-0.3, -0.25) is 14.4 Å². The van der Waals surface area contributed by atoms with E-state index in [1.165, 1.54) is 0 Å². The number of carbonyl (C=O) groups is 3. The van der Waals surface area contributed by atoms with Crippen LogP contribution in [0.15, 0.2) is 24.3 Å². The van der Waals surface area contributed by atoms with Gasteiger partial charge in [-0.05, 0) is 36.0 Å². The number of nitrogens with one attached hydrogen (secondary N) is 2. The lowest BCUT2D eigenvalue weighted by Crippen LogP contribution is -2.46. The highest BCUT2D eigenvalue weighted by atomic mass is 16.4. The van der Waals surface area contributed by atoms with Crippen LogP contribution in [-0.2, 0) is 15.0 Å². The van der Waals surface area contributed by atoms with Crippen molar-refractivity contribution in [3.05, 3.63) is 35.4 Å². The summed E-state index contributed by atoms with van der Waals surface area (Å²) in [6.07, 6.45) is 3.92. The Morgan fingerprint density at radius 2 is 1.59 bits per heavy atom. The van der Waals surface area contributed by atoms with E-state index in [1.54, 1.807) is 12.1 Å². The molecule has 0 aromatic heterocycles. The van der Waals surface area contributed by atoms with Crippen LogP contribution in [0.25, 0.3) is 0 Å². The van der Waals surface area contributed by atoms with Gasteiger partial charge in [0.25, 0.3) is 5.91 Å². The number of carboxylic acid groups (broad SMARTS) is 1. The van der Waals surface area contributed by atoms with Crippen LogP contribution < -0.4 is 10.6 Å². The van der Waals surface area contributed by atoms with Crippen LogP contribution in [-0.4, -0.2) is 36.0 Å². The summed E-state index contributed by atoms with van der Waals surface area (Å²) in [4.78, 5) is 35.9. The van der Waals surface area contributed by atoms with Gasteiger partial charge >= 0.3 is 5.97 Å². The van der Waals surface area contributed by atoms with Gasteiger partial charge in [-0.2, -0.15) is 0 Å². The first-order valence-electron chi connectivity index (χ1n) is 9.53. The minimum absolute atomic E-state index is 0.00804. The van der Waals surface area contributed by atoms with E-state index in [0.717, 1.165) is 24.8 Å². The summed E-state index contributed by atoms with van der Waals surface area (Å²) in [7, 11) is 0. The second-order valence-electron chi connectivity index (χ2n) is 8.43. The van der Waals surface area contributed by atoms with Crippen molar-refractivity contribution in [1.82, 2.24) is 10.6 Å². The van der Waals surface area contributed by atoms with Crippen LogP contribution in [0.1, 0.15) is 68.8 Å². The molecule has 3 N–H and O–H groups in total. The number of aliphatic carboxylic acids is 1. The highest BCUT2D eigenvalue weighted by Crippen LogP contribution is 2.35. The molecule has 2 amide bonds. The van der Waals surface area contributed by atoms with Crippen molar-refractivity contribution in [2.45, 2.75) is 58.3 Å². The van der Waals surface area contributed by atoms with E-state index in [2.05, 4.69) is 31.4 Å². The molecule has 1 aliphatic carbocycles. The molecular formula is C21H30N2O4. The number of hydrogen-bond acceptors (Lipinski definition) is 3. The fourth-order valence-electron chi connectivity index (χ4n) is 3.41. The van der Waals surface area contributed by atoms with Crippen molar-refractivity contribution >= 4 is 17.8 Å². The molecule has 0 heterocycles. The van der Waals surface area contributed by atoms with E-state index in [9.17, 15) is 19.5 Å². The molecule has 1 saturated carbocycles. The molecule has 0 unspecified atom stereocenters. The molecule has 148 valence electrons. The van der Waals surface area contributed by atoms with E-state index < -0.39 is 11.4 Å². The van der Waals surface area contributed by atoms with Gasteiger partial charge in [-0.1, -0.05) is 52.2 Å². The Labute approximate surface area is 160 Å². The Bertz CT molecular complexity index is 683. The summed E-state index contributed by atoms with van der Waals surface area (Å²) in [5.41, 5.74) is 0.753. The van der Waals surface area contributed by atoms with Gasteiger partial charge in [-0.15, -0.1) is 0 Å². The molecule has 0 spiro atoms. The molecule has 0 aliphatic heterocycles. The van der Waals surface area contributed by atoms with Crippen LogP contribution in [0.2, 0.25) is 0 Å². The van der Waals surface area contributed by atoms with Crippen LogP contribution in [0.5, 0.6) is 0 Å². The number of carbonyl (C=O) groups excluding carboxylic acids is 2. The van der Waals surface area contributed by atoms with E-state index in [4.69, 9.17) is 0 Å².